The van der Waals surface area contributed by atoms with E-state index in [1.54, 1.807) is 24.3 Å². The molecule has 0 heterocycles. The van der Waals surface area contributed by atoms with Crippen LogP contribution in [0.15, 0.2) is 29.4 Å². The van der Waals surface area contributed by atoms with Crippen molar-refractivity contribution in [2.45, 2.75) is 13.5 Å². The van der Waals surface area contributed by atoms with Gasteiger partial charge in [-0.15, -0.1) is 0 Å². The van der Waals surface area contributed by atoms with Crippen LogP contribution in [-0.2, 0) is 6.61 Å². The van der Waals surface area contributed by atoms with Gasteiger partial charge in [0.25, 0.3) is 0 Å². The minimum Gasteiger partial charge on any atom is -0.411 e. The third kappa shape index (κ3) is 2.17. The van der Waals surface area contributed by atoms with Gasteiger partial charge in [0, 0.05) is 5.56 Å². The number of hydrogen-bond acceptors (Lipinski definition) is 4. The molecule has 74 valence electrons. The van der Waals surface area contributed by atoms with Crippen molar-refractivity contribution in [1.29, 1.82) is 0 Å². The first-order chi connectivity index (χ1) is 6.69. The molecule has 1 rings (SSSR count). The van der Waals surface area contributed by atoms with Crippen molar-refractivity contribution in [3.8, 4) is 0 Å². The van der Waals surface area contributed by atoms with Crippen LogP contribution in [0.3, 0.4) is 0 Å². The van der Waals surface area contributed by atoms with E-state index in [9.17, 15) is 4.79 Å². The van der Waals surface area contributed by atoms with Crippen LogP contribution < -0.4 is 0 Å². The molecule has 0 radical (unpaired) electrons. The summed E-state index contributed by atoms with van der Waals surface area (Å²) in [5, 5.41) is 20.0. The fraction of sp³-hybridized carbons (Fsp3) is 0.200. The highest BCUT2D eigenvalue weighted by molar-refractivity contribution is 6.45. The lowest BCUT2D eigenvalue weighted by Crippen LogP contribution is -2.10. The minimum atomic E-state index is -0.322. The van der Waals surface area contributed by atoms with E-state index in [-0.39, 0.29) is 18.1 Å². The highest BCUT2D eigenvalue weighted by Crippen LogP contribution is 2.05. The first-order valence-electron chi connectivity index (χ1n) is 4.12. The Balaban J connectivity index is 2.92. The van der Waals surface area contributed by atoms with Crippen molar-refractivity contribution >= 4 is 11.5 Å². The number of carbonyl (C=O) groups excluding carboxylic acids is 1. The SMILES string of the molecule is C/C(=N\O)C(=O)c1ccc(CO)cc1. The number of hydrogen-bond donors (Lipinski definition) is 2. The average Bonchev–Trinajstić information content (AvgIpc) is 2.27. The second kappa shape index (κ2) is 4.53. The molecule has 0 aliphatic rings. The Morgan fingerprint density at radius 2 is 1.93 bits per heavy atom. The number of aliphatic hydroxyl groups is 1. The average molecular weight is 193 g/mol. The molecule has 1 aromatic rings. The van der Waals surface area contributed by atoms with E-state index in [0.717, 1.165) is 5.56 Å². The van der Waals surface area contributed by atoms with Gasteiger partial charge in [0.05, 0.1) is 6.61 Å². The van der Waals surface area contributed by atoms with E-state index < -0.39 is 0 Å². The highest BCUT2D eigenvalue weighted by Gasteiger charge is 2.09. The van der Waals surface area contributed by atoms with Gasteiger partial charge in [-0.25, -0.2) is 0 Å². The van der Waals surface area contributed by atoms with Gasteiger partial charge < -0.3 is 10.3 Å². The molecule has 0 amide bonds. The van der Waals surface area contributed by atoms with E-state index in [4.69, 9.17) is 10.3 Å². The molecule has 0 fully saturated rings. The molecule has 4 nitrogen and oxygen atoms in total. The predicted molar refractivity (Wildman–Crippen MR) is 51.6 cm³/mol. The van der Waals surface area contributed by atoms with Crippen LogP contribution in [0.2, 0.25) is 0 Å². The topological polar surface area (TPSA) is 69.9 Å². The summed E-state index contributed by atoms with van der Waals surface area (Å²) in [6.07, 6.45) is 0. The van der Waals surface area contributed by atoms with Crippen LogP contribution >= 0.6 is 0 Å². The molecule has 0 bridgehead atoms. The number of oxime groups is 1. The summed E-state index contributed by atoms with van der Waals surface area (Å²) in [4.78, 5) is 11.4. The molecule has 14 heavy (non-hydrogen) atoms. The van der Waals surface area contributed by atoms with Crippen molar-refractivity contribution in [3.63, 3.8) is 0 Å². The molecule has 0 saturated carbocycles. The third-order valence-corrected chi connectivity index (χ3v) is 1.88. The summed E-state index contributed by atoms with van der Waals surface area (Å²) < 4.78 is 0. The van der Waals surface area contributed by atoms with Crippen molar-refractivity contribution in [3.05, 3.63) is 35.4 Å². The lowest BCUT2D eigenvalue weighted by molar-refractivity contribution is 0.106. The Morgan fingerprint density at radius 1 is 1.36 bits per heavy atom. The molecule has 0 saturated heterocycles. The van der Waals surface area contributed by atoms with Crippen molar-refractivity contribution in [2.75, 3.05) is 0 Å². The summed E-state index contributed by atoms with van der Waals surface area (Å²) in [5.74, 6) is -0.322. The maximum atomic E-state index is 11.4. The third-order valence-electron chi connectivity index (χ3n) is 1.88. The van der Waals surface area contributed by atoms with Gasteiger partial charge in [-0.05, 0) is 12.5 Å². The Kier molecular flexibility index (Phi) is 3.36. The lowest BCUT2D eigenvalue weighted by atomic mass is 10.1. The first kappa shape index (κ1) is 10.4. The smallest absolute Gasteiger partial charge is 0.210 e. The Labute approximate surface area is 81.5 Å². The second-order valence-electron chi connectivity index (χ2n) is 2.87. The first-order valence-corrected chi connectivity index (χ1v) is 4.12. The molecule has 0 aliphatic carbocycles. The highest BCUT2D eigenvalue weighted by atomic mass is 16.4. The monoisotopic (exact) mass is 193 g/mol. The summed E-state index contributed by atoms with van der Waals surface area (Å²) in [6, 6.07) is 6.47. The van der Waals surface area contributed by atoms with Gasteiger partial charge in [-0.2, -0.15) is 0 Å². The number of nitrogens with zero attached hydrogens (tertiary/aromatic N) is 1. The standard InChI is InChI=1S/C10H11NO3/c1-7(11-14)10(13)9-4-2-8(6-12)3-5-9/h2-5,12,14H,6H2,1H3/b11-7+. The maximum absolute atomic E-state index is 11.4. The molecular weight excluding hydrogens is 182 g/mol. The molecule has 0 atom stereocenters. The Hall–Kier alpha value is -1.68. The van der Waals surface area contributed by atoms with Crippen LogP contribution in [0.5, 0.6) is 0 Å². The van der Waals surface area contributed by atoms with Crippen molar-refractivity contribution < 1.29 is 15.1 Å². The maximum Gasteiger partial charge on any atom is 0.210 e. The number of rotatable bonds is 3. The van der Waals surface area contributed by atoms with Crippen LogP contribution in [0, 0.1) is 0 Å². The van der Waals surface area contributed by atoms with E-state index in [1.807, 2.05) is 0 Å². The van der Waals surface area contributed by atoms with Crippen LogP contribution in [0.4, 0.5) is 0 Å². The fourth-order valence-corrected chi connectivity index (χ4v) is 1.02. The lowest BCUT2D eigenvalue weighted by Gasteiger charge is -1.99. The van der Waals surface area contributed by atoms with E-state index >= 15 is 0 Å². The number of carbonyl (C=O) groups is 1. The summed E-state index contributed by atoms with van der Waals surface area (Å²) in [5.41, 5.74) is 1.22. The van der Waals surface area contributed by atoms with E-state index in [1.165, 1.54) is 6.92 Å². The summed E-state index contributed by atoms with van der Waals surface area (Å²) >= 11 is 0. The van der Waals surface area contributed by atoms with Gasteiger partial charge >= 0.3 is 0 Å². The van der Waals surface area contributed by atoms with Gasteiger partial charge in [-0.1, -0.05) is 29.4 Å². The largest absolute Gasteiger partial charge is 0.411 e. The quantitative estimate of drug-likeness (QED) is 0.328. The van der Waals surface area contributed by atoms with Gasteiger partial charge in [-0.3, -0.25) is 4.79 Å². The molecular formula is C10H11NO3. The molecule has 0 aromatic heterocycles. The zero-order valence-electron chi connectivity index (χ0n) is 7.77. The zero-order valence-corrected chi connectivity index (χ0v) is 7.77. The number of aliphatic hydroxyl groups excluding tert-OH is 1. The number of benzene rings is 1. The Morgan fingerprint density at radius 3 is 2.36 bits per heavy atom. The number of Topliss-reactive ketones (excluding diaryl/α,β-unsaturated/α-hetero) is 1. The van der Waals surface area contributed by atoms with E-state index in [0.29, 0.717) is 5.56 Å². The van der Waals surface area contributed by atoms with Crippen molar-refractivity contribution in [2.24, 2.45) is 5.16 Å². The Bertz CT molecular complexity index is 354. The second-order valence-corrected chi connectivity index (χ2v) is 2.87. The van der Waals surface area contributed by atoms with Crippen molar-refractivity contribution in [1.82, 2.24) is 0 Å². The molecule has 2 N–H and O–H groups in total. The number of ketones is 1. The van der Waals surface area contributed by atoms with Crippen LogP contribution in [0.25, 0.3) is 0 Å². The molecule has 1 aromatic carbocycles. The predicted octanol–water partition coefficient (Wildman–Crippen LogP) is 1.21. The van der Waals surface area contributed by atoms with Crippen LogP contribution in [0.1, 0.15) is 22.8 Å². The van der Waals surface area contributed by atoms with Crippen LogP contribution in [-0.4, -0.2) is 21.8 Å². The van der Waals surface area contributed by atoms with E-state index in [2.05, 4.69) is 5.16 Å². The molecule has 0 spiro atoms. The minimum absolute atomic E-state index is 0.0433. The summed E-state index contributed by atoms with van der Waals surface area (Å²) in [7, 11) is 0. The zero-order chi connectivity index (χ0) is 10.6. The fourth-order valence-electron chi connectivity index (χ4n) is 1.02. The normalized spacial score (nSPS) is 11.4. The van der Waals surface area contributed by atoms with Gasteiger partial charge in [0.15, 0.2) is 0 Å². The molecule has 4 heteroatoms. The molecule has 0 aliphatic heterocycles. The van der Waals surface area contributed by atoms with Gasteiger partial charge in [0.1, 0.15) is 5.71 Å². The molecule has 0 unspecified atom stereocenters. The van der Waals surface area contributed by atoms with Gasteiger partial charge in [0.2, 0.25) is 5.78 Å². The summed E-state index contributed by atoms with van der Waals surface area (Å²) in [6.45, 7) is 1.38.